The maximum absolute atomic E-state index is 13.6. The quantitative estimate of drug-likeness (QED) is 0.715. The molecule has 2 saturated heterocycles. The van der Waals surface area contributed by atoms with Crippen LogP contribution in [0, 0.1) is 12.7 Å². The molecule has 2 aliphatic heterocycles. The molecule has 2 fully saturated rings. The zero-order valence-corrected chi connectivity index (χ0v) is 18.0. The number of likely N-dealkylation sites (tertiary alicyclic amines) is 1. The molecule has 0 aliphatic carbocycles. The third-order valence-electron chi connectivity index (χ3n) is 5.76. The summed E-state index contributed by atoms with van der Waals surface area (Å²) >= 11 is 5.89. The molecule has 2 aromatic rings. The van der Waals surface area contributed by atoms with Crippen molar-refractivity contribution in [1.82, 2.24) is 9.21 Å². The van der Waals surface area contributed by atoms with E-state index in [1.54, 1.807) is 29.2 Å². The summed E-state index contributed by atoms with van der Waals surface area (Å²) < 4.78 is 47.5. The summed E-state index contributed by atoms with van der Waals surface area (Å²) in [5.41, 5.74) is -0.180. The molecule has 0 atom stereocenters. The average molecular weight is 453 g/mol. The smallest absolute Gasteiger partial charge is 0.253 e. The van der Waals surface area contributed by atoms with Crippen molar-refractivity contribution >= 4 is 27.5 Å². The first-order valence-corrected chi connectivity index (χ1v) is 11.5. The van der Waals surface area contributed by atoms with Crippen molar-refractivity contribution in [2.45, 2.75) is 30.4 Å². The predicted octanol–water partition coefficient (Wildman–Crippen LogP) is 3.44. The van der Waals surface area contributed by atoms with E-state index in [9.17, 15) is 17.6 Å². The second kappa shape index (κ2) is 7.92. The highest BCUT2D eigenvalue weighted by Crippen LogP contribution is 2.38. The number of halogens is 2. The number of ether oxygens (including phenoxy) is 1. The number of amides is 1. The zero-order valence-electron chi connectivity index (χ0n) is 16.5. The first-order chi connectivity index (χ1) is 14.2. The normalized spacial score (nSPS) is 19.4. The summed E-state index contributed by atoms with van der Waals surface area (Å²) in [4.78, 5) is 14.5. The van der Waals surface area contributed by atoms with Crippen LogP contribution in [-0.2, 0) is 14.8 Å². The highest BCUT2D eigenvalue weighted by Gasteiger charge is 2.51. The Labute approximate surface area is 180 Å². The second-order valence-corrected chi connectivity index (χ2v) is 9.88. The van der Waals surface area contributed by atoms with E-state index in [4.69, 9.17) is 16.3 Å². The van der Waals surface area contributed by atoms with Crippen LogP contribution >= 0.6 is 11.6 Å². The lowest BCUT2D eigenvalue weighted by Crippen LogP contribution is -2.55. The Morgan fingerprint density at radius 3 is 2.40 bits per heavy atom. The van der Waals surface area contributed by atoms with Crippen molar-refractivity contribution in [2.75, 3.05) is 26.2 Å². The van der Waals surface area contributed by atoms with Crippen LogP contribution in [0.1, 0.15) is 28.8 Å². The SMILES string of the molecule is Cc1cc(S(=O)(=O)N2CCOC23CCN(C(=O)c2ccc(Cl)cc2)CC3)ccc1F. The number of carbonyl (C=O) groups is 1. The monoisotopic (exact) mass is 452 g/mol. The van der Waals surface area contributed by atoms with Crippen LogP contribution in [0.3, 0.4) is 0 Å². The molecule has 1 spiro atoms. The lowest BCUT2D eigenvalue weighted by atomic mass is 10.00. The van der Waals surface area contributed by atoms with Gasteiger partial charge >= 0.3 is 0 Å². The van der Waals surface area contributed by atoms with Gasteiger partial charge in [0.05, 0.1) is 11.5 Å². The molecular weight excluding hydrogens is 431 g/mol. The molecule has 160 valence electrons. The van der Waals surface area contributed by atoms with Gasteiger partial charge in [-0.15, -0.1) is 0 Å². The van der Waals surface area contributed by atoms with Gasteiger partial charge < -0.3 is 9.64 Å². The van der Waals surface area contributed by atoms with Gasteiger partial charge in [0.1, 0.15) is 11.5 Å². The summed E-state index contributed by atoms with van der Waals surface area (Å²) in [6.07, 6.45) is 0.734. The van der Waals surface area contributed by atoms with Gasteiger partial charge in [0.2, 0.25) is 10.0 Å². The molecule has 1 amide bonds. The fourth-order valence-corrected chi connectivity index (χ4v) is 6.00. The molecule has 2 heterocycles. The standard InChI is InChI=1S/C21H22ClFN2O4S/c1-15-14-18(6-7-19(15)23)30(27,28)25-12-13-29-21(25)8-10-24(11-9-21)20(26)16-2-4-17(22)5-3-16/h2-7,14H,8-13H2,1H3. The number of benzene rings is 2. The van der Waals surface area contributed by atoms with Crippen LogP contribution in [0.5, 0.6) is 0 Å². The van der Waals surface area contributed by atoms with E-state index in [2.05, 4.69) is 0 Å². The Morgan fingerprint density at radius 1 is 1.10 bits per heavy atom. The molecular formula is C21H22ClFN2O4S. The van der Waals surface area contributed by atoms with E-state index in [1.165, 1.54) is 29.4 Å². The Balaban J connectivity index is 1.53. The lowest BCUT2D eigenvalue weighted by molar-refractivity contribution is -0.0857. The van der Waals surface area contributed by atoms with E-state index < -0.39 is 21.6 Å². The Bertz CT molecular complexity index is 1070. The molecule has 4 rings (SSSR count). The molecule has 2 aliphatic rings. The Morgan fingerprint density at radius 2 is 1.77 bits per heavy atom. The molecule has 0 radical (unpaired) electrons. The zero-order chi connectivity index (χ0) is 21.5. The van der Waals surface area contributed by atoms with Gasteiger partial charge in [-0.1, -0.05) is 11.6 Å². The summed E-state index contributed by atoms with van der Waals surface area (Å²) in [6, 6.07) is 10.5. The van der Waals surface area contributed by atoms with Crippen LogP contribution < -0.4 is 0 Å². The van der Waals surface area contributed by atoms with Gasteiger partial charge in [-0.3, -0.25) is 4.79 Å². The molecule has 6 nitrogen and oxygen atoms in total. The number of aryl methyl sites for hydroxylation is 1. The predicted molar refractivity (Wildman–Crippen MR) is 110 cm³/mol. The molecule has 2 aromatic carbocycles. The maximum atomic E-state index is 13.6. The minimum atomic E-state index is -3.86. The molecule has 0 unspecified atom stereocenters. The van der Waals surface area contributed by atoms with Gasteiger partial charge in [-0.2, -0.15) is 4.31 Å². The van der Waals surface area contributed by atoms with Crippen molar-refractivity contribution in [3.8, 4) is 0 Å². The fourth-order valence-electron chi connectivity index (χ4n) is 4.07. The third kappa shape index (κ3) is 3.73. The van der Waals surface area contributed by atoms with Gasteiger partial charge in [0, 0.05) is 43.1 Å². The van der Waals surface area contributed by atoms with Crippen molar-refractivity contribution in [3.05, 3.63) is 64.4 Å². The number of rotatable bonds is 3. The topological polar surface area (TPSA) is 66.9 Å². The van der Waals surface area contributed by atoms with Crippen LogP contribution in [0.4, 0.5) is 4.39 Å². The Hall–Kier alpha value is -2.00. The summed E-state index contributed by atoms with van der Waals surface area (Å²) in [5.74, 6) is -0.571. The highest BCUT2D eigenvalue weighted by atomic mass is 35.5. The fraction of sp³-hybridized carbons (Fsp3) is 0.381. The molecule has 0 bridgehead atoms. The number of carbonyl (C=O) groups excluding carboxylic acids is 1. The lowest BCUT2D eigenvalue weighted by Gasteiger charge is -2.42. The minimum absolute atomic E-state index is 0.0472. The van der Waals surface area contributed by atoms with Crippen LogP contribution in [-0.4, -0.2) is 55.5 Å². The van der Waals surface area contributed by atoms with E-state index in [0.717, 1.165) is 0 Å². The first kappa shape index (κ1) is 21.2. The van der Waals surface area contributed by atoms with Gasteiger partial charge in [0.15, 0.2) is 0 Å². The largest absolute Gasteiger partial charge is 0.358 e. The summed E-state index contributed by atoms with van der Waals surface area (Å²) in [6.45, 7) is 2.78. The van der Waals surface area contributed by atoms with Crippen molar-refractivity contribution in [2.24, 2.45) is 0 Å². The molecule has 0 aromatic heterocycles. The Kier molecular flexibility index (Phi) is 5.61. The van der Waals surface area contributed by atoms with E-state index in [1.807, 2.05) is 0 Å². The summed E-state index contributed by atoms with van der Waals surface area (Å²) in [5, 5.41) is 0.556. The van der Waals surface area contributed by atoms with Gasteiger partial charge in [-0.05, 0) is 55.0 Å². The van der Waals surface area contributed by atoms with E-state index in [0.29, 0.717) is 36.5 Å². The molecule has 0 N–H and O–H groups in total. The van der Waals surface area contributed by atoms with E-state index >= 15 is 0 Å². The summed E-state index contributed by atoms with van der Waals surface area (Å²) in [7, 11) is -3.86. The average Bonchev–Trinajstić information content (AvgIpc) is 3.14. The molecule has 30 heavy (non-hydrogen) atoms. The second-order valence-electron chi connectivity index (χ2n) is 7.58. The van der Waals surface area contributed by atoms with Gasteiger partial charge in [0.25, 0.3) is 5.91 Å². The van der Waals surface area contributed by atoms with E-state index in [-0.39, 0.29) is 29.5 Å². The van der Waals surface area contributed by atoms with Crippen LogP contribution in [0.25, 0.3) is 0 Å². The number of nitrogens with zero attached hydrogens (tertiary/aromatic N) is 2. The highest BCUT2D eigenvalue weighted by molar-refractivity contribution is 7.89. The molecule has 9 heteroatoms. The number of sulfonamides is 1. The number of hydrogen-bond acceptors (Lipinski definition) is 4. The van der Waals surface area contributed by atoms with Crippen molar-refractivity contribution in [1.29, 1.82) is 0 Å². The molecule has 0 saturated carbocycles. The third-order valence-corrected chi connectivity index (χ3v) is 7.96. The van der Waals surface area contributed by atoms with Crippen LogP contribution in [0.15, 0.2) is 47.4 Å². The number of piperidine rings is 1. The van der Waals surface area contributed by atoms with Crippen molar-refractivity contribution < 1.29 is 22.3 Å². The number of hydrogen-bond donors (Lipinski definition) is 0. The van der Waals surface area contributed by atoms with Gasteiger partial charge in [-0.25, -0.2) is 12.8 Å². The first-order valence-electron chi connectivity index (χ1n) is 9.71. The van der Waals surface area contributed by atoms with Crippen LogP contribution in [0.2, 0.25) is 5.02 Å². The minimum Gasteiger partial charge on any atom is -0.358 e. The van der Waals surface area contributed by atoms with Crippen molar-refractivity contribution in [3.63, 3.8) is 0 Å². The maximum Gasteiger partial charge on any atom is 0.253 e.